The Hall–Kier alpha value is -0.870. The third-order valence-corrected chi connectivity index (χ3v) is 1.33. The second-order valence-electron chi connectivity index (χ2n) is 2.41. The summed E-state index contributed by atoms with van der Waals surface area (Å²) >= 11 is 0. The minimum Gasteiger partial charge on any atom is -0.461 e. The van der Waals surface area contributed by atoms with Crippen molar-refractivity contribution < 1.29 is 19.7 Å². The van der Waals surface area contributed by atoms with Gasteiger partial charge >= 0.3 is 5.97 Å². The second-order valence-corrected chi connectivity index (χ2v) is 2.41. The third kappa shape index (κ3) is 4.87. The van der Waals surface area contributed by atoms with Crippen molar-refractivity contribution in [2.45, 2.75) is 6.42 Å². The van der Waals surface area contributed by atoms with Gasteiger partial charge in [-0.25, -0.2) is 0 Å². The molecule has 0 atom stereocenters. The number of aliphatic hydroxyl groups excluding tert-OH is 2. The van der Waals surface area contributed by atoms with Crippen molar-refractivity contribution >= 4 is 5.97 Å². The fourth-order valence-electron chi connectivity index (χ4n) is 0.633. The van der Waals surface area contributed by atoms with E-state index in [0.717, 1.165) is 0 Å². The predicted molar refractivity (Wildman–Crippen MR) is 43.4 cm³/mol. The molecule has 4 heteroatoms. The molecule has 2 N–H and O–H groups in total. The number of carbonyl (C=O) groups excluding carboxylic acids is 1. The van der Waals surface area contributed by atoms with Gasteiger partial charge in [-0.15, -0.1) is 0 Å². The number of aliphatic hydroxyl groups is 2. The van der Waals surface area contributed by atoms with E-state index in [4.69, 9.17) is 10.2 Å². The smallest absolute Gasteiger partial charge is 0.306 e. The molecule has 0 unspecified atom stereocenters. The standard InChI is InChI=1S/C8H14O4/c1-2-3-12-8(11)4-7(5-9)6-10/h2,7,9-10H,1,3-6H2. The first-order chi connectivity index (χ1) is 5.74. The van der Waals surface area contributed by atoms with Gasteiger partial charge in [0.25, 0.3) is 0 Å². The highest BCUT2D eigenvalue weighted by Crippen LogP contribution is 2.01. The van der Waals surface area contributed by atoms with Crippen LogP contribution < -0.4 is 0 Å². The molecule has 0 bridgehead atoms. The maximum absolute atomic E-state index is 10.8. The van der Waals surface area contributed by atoms with Crippen LogP contribution in [0.4, 0.5) is 0 Å². The lowest BCUT2D eigenvalue weighted by atomic mass is 10.1. The van der Waals surface area contributed by atoms with E-state index in [1.807, 2.05) is 0 Å². The fraction of sp³-hybridized carbons (Fsp3) is 0.625. The van der Waals surface area contributed by atoms with Crippen molar-refractivity contribution in [1.29, 1.82) is 0 Å². The van der Waals surface area contributed by atoms with E-state index in [-0.39, 0.29) is 26.2 Å². The monoisotopic (exact) mass is 174 g/mol. The Morgan fingerprint density at radius 1 is 1.50 bits per heavy atom. The molecule has 0 spiro atoms. The second kappa shape index (κ2) is 6.82. The molecule has 0 rings (SSSR count). The highest BCUT2D eigenvalue weighted by Gasteiger charge is 2.12. The van der Waals surface area contributed by atoms with Gasteiger partial charge in [0.2, 0.25) is 0 Å². The number of carbonyl (C=O) groups is 1. The van der Waals surface area contributed by atoms with Gasteiger partial charge in [0, 0.05) is 19.1 Å². The van der Waals surface area contributed by atoms with E-state index in [2.05, 4.69) is 11.3 Å². The summed E-state index contributed by atoms with van der Waals surface area (Å²) in [5, 5.41) is 17.2. The molecule has 12 heavy (non-hydrogen) atoms. The Labute approximate surface area is 71.5 Å². The van der Waals surface area contributed by atoms with Crippen LogP contribution in [0.3, 0.4) is 0 Å². The van der Waals surface area contributed by atoms with E-state index in [1.165, 1.54) is 6.08 Å². The lowest BCUT2D eigenvalue weighted by Gasteiger charge is -2.08. The molecule has 0 aromatic heterocycles. The number of ether oxygens (including phenoxy) is 1. The first kappa shape index (κ1) is 11.1. The Bertz CT molecular complexity index is 140. The van der Waals surface area contributed by atoms with Gasteiger partial charge in [-0.3, -0.25) is 4.79 Å². The van der Waals surface area contributed by atoms with Gasteiger partial charge in [-0.05, 0) is 0 Å². The Morgan fingerprint density at radius 3 is 2.50 bits per heavy atom. The van der Waals surface area contributed by atoms with Crippen LogP contribution in [0.1, 0.15) is 6.42 Å². The minimum absolute atomic E-state index is 0.0425. The Kier molecular flexibility index (Phi) is 6.32. The summed E-state index contributed by atoms with van der Waals surface area (Å²) in [5.74, 6) is -0.842. The summed E-state index contributed by atoms with van der Waals surface area (Å²) in [6.45, 7) is 3.13. The topological polar surface area (TPSA) is 66.8 Å². The van der Waals surface area contributed by atoms with Crippen molar-refractivity contribution in [3.63, 3.8) is 0 Å². The molecule has 0 heterocycles. The van der Waals surface area contributed by atoms with Crippen LogP contribution in [0.2, 0.25) is 0 Å². The minimum atomic E-state index is -0.428. The summed E-state index contributed by atoms with van der Waals surface area (Å²) in [5.41, 5.74) is 0. The number of esters is 1. The van der Waals surface area contributed by atoms with Crippen molar-refractivity contribution in [2.24, 2.45) is 5.92 Å². The van der Waals surface area contributed by atoms with E-state index in [0.29, 0.717) is 0 Å². The molecule has 0 amide bonds. The van der Waals surface area contributed by atoms with E-state index in [9.17, 15) is 4.79 Å². The number of rotatable bonds is 6. The predicted octanol–water partition coefficient (Wildman–Crippen LogP) is -0.293. The summed E-state index contributed by atoms with van der Waals surface area (Å²) in [6, 6.07) is 0. The van der Waals surface area contributed by atoms with Crippen LogP contribution in [-0.2, 0) is 9.53 Å². The molecule has 0 aliphatic rings. The van der Waals surface area contributed by atoms with Crippen molar-refractivity contribution in [2.75, 3.05) is 19.8 Å². The van der Waals surface area contributed by atoms with Crippen LogP contribution in [0.25, 0.3) is 0 Å². The van der Waals surface area contributed by atoms with E-state index >= 15 is 0 Å². The van der Waals surface area contributed by atoms with Crippen LogP contribution in [-0.4, -0.2) is 36.0 Å². The number of hydrogen-bond donors (Lipinski definition) is 2. The highest BCUT2D eigenvalue weighted by atomic mass is 16.5. The fourth-order valence-corrected chi connectivity index (χ4v) is 0.633. The summed E-state index contributed by atoms with van der Waals surface area (Å²) < 4.78 is 4.65. The largest absolute Gasteiger partial charge is 0.461 e. The van der Waals surface area contributed by atoms with Gasteiger partial charge < -0.3 is 14.9 Å². The van der Waals surface area contributed by atoms with E-state index in [1.54, 1.807) is 0 Å². The molecule has 70 valence electrons. The highest BCUT2D eigenvalue weighted by molar-refractivity contribution is 5.69. The zero-order valence-corrected chi connectivity index (χ0v) is 6.90. The first-order valence-electron chi connectivity index (χ1n) is 3.72. The van der Waals surface area contributed by atoms with Crippen molar-refractivity contribution in [1.82, 2.24) is 0 Å². The van der Waals surface area contributed by atoms with Crippen LogP contribution in [0.15, 0.2) is 12.7 Å². The average molecular weight is 174 g/mol. The Morgan fingerprint density at radius 2 is 2.08 bits per heavy atom. The SMILES string of the molecule is C=CCOC(=O)CC(CO)CO. The van der Waals surface area contributed by atoms with E-state index < -0.39 is 11.9 Å². The summed E-state index contributed by atoms with van der Waals surface area (Å²) in [7, 11) is 0. The molecular weight excluding hydrogens is 160 g/mol. The molecule has 4 nitrogen and oxygen atoms in total. The lowest BCUT2D eigenvalue weighted by molar-refractivity contribution is -0.144. The first-order valence-corrected chi connectivity index (χ1v) is 3.72. The average Bonchev–Trinajstić information content (AvgIpc) is 2.10. The zero-order valence-electron chi connectivity index (χ0n) is 6.90. The molecule has 0 fully saturated rings. The normalized spacial score (nSPS) is 9.92. The van der Waals surface area contributed by atoms with Crippen LogP contribution in [0, 0.1) is 5.92 Å². The van der Waals surface area contributed by atoms with Gasteiger partial charge in [0.05, 0.1) is 6.42 Å². The molecule has 0 aromatic carbocycles. The van der Waals surface area contributed by atoms with Crippen molar-refractivity contribution in [3.05, 3.63) is 12.7 Å². The molecule has 0 saturated heterocycles. The lowest BCUT2D eigenvalue weighted by Crippen LogP contribution is -2.17. The molecule has 0 aromatic rings. The van der Waals surface area contributed by atoms with Crippen LogP contribution >= 0.6 is 0 Å². The molecular formula is C8H14O4. The summed E-state index contributed by atoms with van der Waals surface area (Å²) in [4.78, 5) is 10.8. The molecule has 0 aliphatic heterocycles. The zero-order chi connectivity index (χ0) is 9.40. The molecule has 0 aliphatic carbocycles. The van der Waals surface area contributed by atoms with Gasteiger partial charge in [0.15, 0.2) is 0 Å². The quantitative estimate of drug-likeness (QED) is 0.429. The summed E-state index contributed by atoms with van der Waals surface area (Å²) in [6.07, 6.45) is 1.51. The van der Waals surface area contributed by atoms with Gasteiger partial charge in [-0.2, -0.15) is 0 Å². The maximum Gasteiger partial charge on any atom is 0.306 e. The van der Waals surface area contributed by atoms with Crippen molar-refractivity contribution in [3.8, 4) is 0 Å². The molecule has 0 saturated carbocycles. The maximum atomic E-state index is 10.8. The van der Waals surface area contributed by atoms with Gasteiger partial charge in [-0.1, -0.05) is 12.7 Å². The Balaban J connectivity index is 3.58. The third-order valence-electron chi connectivity index (χ3n) is 1.33. The van der Waals surface area contributed by atoms with Gasteiger partial charge in [0.1, 0.15) is 6.61 Å². The molecule has 0 radical (unpaired) electrons. The van der Waals surface area contributed by atoms with Crippen LogP contribution in [0.5, 0.6) is 0 Å². The number of hydrogen-bond acceptors (Lipinski definition) is 4.